The normalized spacial score (nSPS) is 11.3. The molecule has 0 fully saturated rings. The number of aromatic nitrogens is 2. The molecule has 0 aliphatic carbocycles. The molecule has 0 radical (unpaired) electrons. The van der Waals surface area contributed by atoms with Gasteiger partial charge >= 0.3 is 5.69 Å². The van der Waals surface area contributed by atoms with Gasteiger partial charge < -0.3 is 5.32 Å². The van der Waals surface area contributed by atoms with Crippen LogP contribution in [0.25, 0.3) is 0 Å². The highest BCUT2D eigenvalue weighted by Gasteiger charge is 2.25. The second kappa shape index (κ2) is 5.92. The van der Waals surface area contributed by atoms with Crippen molar-refractivity contribution >= 4 is 21.2 Å². The van der Waals surface area contributed by atoms with E-state index in [1.165, 1.54) is 18.2 Å². The van der Waals surface area contributed by atoms with Crippen molar-refractivity contribution in [2.45, 2.75) is 11.4 Å². The van der Waals surface area contributed by atoms with E-state index >= 15 is 0 Å². The van der Waals surface area contributed by atoms with Crippen LogP contribution in [0.2, 0.25) is 0 Å². The van der Waals surface area contributed by atoms with E-state index in [1.54, 1.807) is 23.1 Å². The standard InChI is InChI=1S/C12H14N4O4S/c1-21(19,20)11-5-2-4-10(12(11)16(17)18)13-7-9-15-8-3-6-14-15/h2-6,8,13H,7,9H2,1H3. The summed E-state index contributed by atoms with van der Waals surface area (Å²) in [5.41, 5.74) is -0.254. The van der Waals surface area contributed by atoms with Crippen LogP contribution in [0.5, 0.6) is 0 Å². The third-order valence-electron chi connectivity index (χ3n) is 2.80. The number of hydrogen-bond donors (Lipinski definition) is 1. The van der Waals surface area contributed by atoms with E-state index in [4.69, 9.17) is 0 Å². The lowest BCUT2D eigenvalue weighted by Gasteiger charge is -2.09. The lowest BCUT2D eigenvalue weighted by atomic mass is 10.2. The lowest BCUT2D eigenvalue weighted by molar-refractivity contribution is -0.386. The van der Waals surface area contributed by atoms with E-state index in [2.05, 4.69) is 10.4 Å². The molecule has 2 aromatic rings. The number of nitro groups is 1. The maximum atomic E-state index is 11.6. The van der Waals surface area contributed by atoms with Crippen LogP contribution in [0.3, 0.4) is 0 Å². The van der Waals surface area contributed by atoms with Gasteiger partial charge in [-0.1, -0.05) is 6.07 Å². The van der Waals surface area contributed by atoms with Gasteiger partial charge in [0, 0.05) is 25.2 Å². The molecule has 0 unspecified atom stereocenters. The van der Waals surface area contributed by atoms with Gasteiger partial charge in [-0.3, -0.25) is 14.8 Å². The molecule has 21 heavy (non-hydrogen) atoms. The van der Waals surface area contributed by atoms with E-state index in [1.807, 2.05) is 0 Å². The minimum absolute atomic E-state index is 0.176. The zero-order valence-corrected chi connectivity index (χ0v) is 12.1. The molecule has 112 valence electrons. The Kier molecular flexibility index (Phi) is 4.22. The molecule has 0 saturated carbocycles. The van der Waals surface area contributed by atoms with Crippen LogP contribution in [0.1, 0.15) is 0 Å². The molecule has 0 bridgehead atoms. The Morgan fingerprint density at radius 2 is 2.14 bits per heavy atom. The summed E-state index contributed by atoms with van der Waals surface area (Å²) in [7, 11) is -3.67. The Labute approximate surface area is 121 Å². The van der Waals surface area contributed by atoms with E-state index in [9.17, 15) is 18.5 Å². The van der Waals surface area contributed by atoms with Crippen molar-refractivity contribution in [1.82, 2.24) is 9.78 Å². The first-order chi connectivity index (χ1) is 9.89. The number of nitrogens with zero attached hydrogens (tertiary/aromatic N) is 3. The summed E-state index contributed by atoms with van der Waals surface area (Å²) in [6.07, 6.45) is 4.35. The van der Waals surface area contributed by atoms with Crippen molar-refractivity contribution in [2.24, 2.45) is 0 Å². The van der Waals surface area contributed by atoms with Crippen molar-refractivity contribution < 1.29 is 13.3 Å². The topological polar surface area (TPSA) is 107 Å². The van der Waals surface area contributed by atoms with Crippen LogP contribution >= 0.6 is 0 Å². The van der Waals surface area contributed by atoms with Gasteiger partial charge in [-0.2, -0.15) is 5.10 Å². The van der Waals surface area contributed by atoms with Crippen LogP contribution in [0, 0.1) is 10.1 Å². The van der Waals surface area contributed by atoms with Gasteiger partial charge in [0.1, 0.15) is 10.6 Å². The number of benzene rings is 1. The molecule has 0 aliphatic rings. The van der Waals surface area contributed by atoms with Crippen molar-refractivity contribution in [3.8, 4) is 0 Å². The second-order valence-electron chi connectivity index (χ2n) is 4.38. The number of sulfone groups is 1. The summed E-state index contributed by atoms with van der Waals surface area (Å²) in [5.74, 6) is 0. The molecule has 0 atom stereocenters. The van der Waals surface area contributed by atoms with Gasteiger partial charge in [0.15, 0.2) is 9.84 Å². The molecule has 9 heteroatoms. The third-order valence-corrected chi connectivity index (χ3v) is 3.92. The van der Waals surface area contributed by atoms with Gasteiger partial charge in [0.05, 0.1) is 11.5 Å². The number of hydrogen-bond acceptors (Lipinski definition) is 6. The summed E-state index contributed by atoms with van der Waals surface area (Å²) in [6, 6.07) is 5.95. The minimum Gasteiger partial charge on any atom is -0.378 e. The van der Waals surface area contributed by atoms with Crippen LogP contribution in [-0.4, -0.2) is 35.9 Å². The molecule has 1 heterocycles. The van der Waals surface area contributed by atoms with Crippen molar-refractivity contribution in [2.75, 3.05) is 18.1 Å². The third kappa shape index (κ3) is 3.57. The smallest absolute Gasteiger partial charge is 0.310 e. The summed E-state index contributed by atoms with van der Waals surface area (Å²) >= 11 is 0. The van der Waals surface area contributed by atoms with Crippen molar-refractivity contribution in [1.29, 1.82) is 0 Å². The number of rotatable bonds is 6. The molecule has 0 spiro atoms. The van der Waals surface area contributed by atoms with Gasteiger partial charge in [-0.25, -0.2) is 8.42 Å². The molecule has 8 nitrogen and oxygen atoms in total. The highest BCUT2D eigenvalue weighted by atomic mass is 32.2. The van der Waals surface area contributed by atoms with Gasteiger partial charge in [0.25, 0.3) is 0 Å². The van der Waals surface area contributed by atoms with E-state index in [0.29, 0.717) is 13.1 Å². The largest absolute Gasteiger partial charge is 0.378 e. The molecule has 1 N–H and O–H groups in total. The number of anilines is 1. The fourth-order valence-electron chi connectivity index (χ4n) is 1.89. The number of para-hydroxylation sites is 1. The predicted molar refractivity (Wildman–Crippen MR) is 76.9 cm³/mol. The number of nitro benzene ring substituents is 1. The average Bonchev–Trinajstić information content (AvgIpc) is 2.90. The summed E-state index contributed by atoms with van der Waals surface area (Å²) < 4.78 is 24.9. The fraction of sp³-hybridized carbons (Fsp3) is 0.250. The molecule has 2 rings (SSSR count). The molecule has 0 amide bonds. The fourth-order valence-corrected chi connectivity index (χ4v) is 2.75. The SMILES string of the molecule is CS(=O)(=O)c1cccc(NCCn2cccn2)c1[N+](=O)[O-]. The maximum Gasteiger partial charge on any atom is 0.310 e. The zero-order valence-electron chi connectivity index (χ0n) is 11.3. The molecule has 0 aliphatic heterocycles. The maximum absolute atomic E-state index is 11.6. The predicted octanol–water partition coefficient (Wildman–Crippen LogP) is 1.31. The molecular formula is C12H14N4O4S. The molecule has 1 aromatic heterocycles. The van der Waals surface area contributed by atoms with Gasteiger partial charge in [0.2, 0.25) is 0 Å². The molecule has 0 saturated heterocycles. The minimum atomic E-state index is -3.67. The zero-order chi connectivity index (χ0) is 15.5. The van der Waals surface area contributed by atoms with Crippen LogP contribution < -0.4 is 5.32 Å². The average molecular weight is 310 g/mol. The number of nitrogens with one attached hydrogen (secondary N) is 1. The first kappa shape index (κ1) is 15.0. The van der Waals surface area contributed by atoms with Crippen molar-refractivity contribution in [3.05, 3.63) is 46.8 Å². The first-order valence-electron chi connectivity index (χ1n) is 6.08. The Balaban J connectivity index is 2.24. The van der Waals surface area contributed by atoms with E-state index < -0.39 is 20.4 Å². The van der Waals surface area contributed by atoms with Gasteiger partial charge in [-0.05, 0) is 18.2 Å². The Bertz CT molecular complexity index is 741. The highest BCUT2D eigenvalue weighted by Crippen LogP contribution is 2.31. The van der Waals surface area contributed by atoms with Crippen LogP contribution in [0.4, 0.5) is 11.4 Å². The molecular weight excluding hydrogens is 296 g/mol. The summed E-state index contributed by atoms with van der Waals surface area (Å²) in [5, 5.41) is 18.1. The quantitative estimate of drug-likeness (QED) is 0.636. The first-order valence-corrected chi connectivity index (χ1v) is 7.97. The Morgan fingerprint density at radius 3 is 2.71 bits per heavy atom. The summed E-state index contributed by atoms with van der Waals surface area (Å²) in [4.78, 5) is 10.2. The monoisotopic (exact) mass is 310 g/mol. The van der Waals surface area contributed by atoms with Crippen LogP contribution in [0.15, 0.2) is 41.6 Å². The van der Waals surface area contributed by atoms with E-state index in [0.717, 1.165) is 6.26 Å². The lowest BCUT2D eigenvalue weighted by Crippen LogP contribution is -2.13. The molecule has 1 aromatic carbocycles. The Hall–Kier alpha value is -2.42. The van der Waals surface area contributed by atoms with Crippen molar-refractivity contribution in [3.63, 3.8) is 0 Å². The van der Waals surface area contributed by atoms with Crippen LogP contribution in [-0.2, 0) is 16.4 Å². The second-order valence-corrected chi connectivity index (χ2v) is 6.36. The Morgan fingerprint density at radius 1 is 1.38 bits per heavy atom. The summed E-state index contributed by atoms with van der Waals surface area (Å²) in [6.45, 7) is 0.892. The highest BCUT2D eigenvalue weighted by molar-refractivity contribution is 7.90. The van der Waals surface area contributed by atoms with E-state index in [-0.39, 0.29) is 10.6 Å². The van der Waals surface area contributed by atoms with Gasteiger partial charge in [-0.15, -0.1) is 0 Å².